The van der Waals surface area contributed by atoms with E-state index in [2.05, 4.69) is 5.32 Å². The van der Waals surface area contributed by atoms with Crippen molar-refractivity contribution in [2.24, 2.45) is 5.14 Å². The van der Waals surface area contributed by atoms with E-state index < -0.39 is 14.8 Å². The molecule has 23 heavy (non-hydrogen) atoms. The number of primary sulfonamides is 1. The summed E-state index contributed by atoms with van der Waals surface area (Å²) in [5, 5.41) is 8.61. The van der Waals surface area contributed by atoms with E-state index >= 15 is 0 Å². The third kappa shape index (κ3) is 2.93. The molecule has 1 atom stereocenters. The number of carbonyl (C=O) groups excluding carboxylic acids is 1. The lowest BCUT2D eigenvalue weighted by Gasteiger charge is -2.35. The molecule has 1 aromatic rings. The quantitative estimate of drug-likeness (QED) is 0.803. The second kappa shape index (κ2) is 5.77. The number of carbonyl (C=O) groups is 1. The molecule has 0 bridgehead atoms. The van der Waals surface area contributed by atoms with Crippen LogP contribution in [0, 0.1) is 0 Å². The van der Waals surface area contributed by atoms with Crippen molar-refractivity contribution >= 4 is 15.9 Å². The van der Waals surface area contributed by atoms with Crippen molar-refractivity contribution in [2.45, 2.75) is 23.6 Å². The second-order valence-corrected chi connectivity index (χ2v) is 7.95. The molecule has 1 saturated carbocycles. The number of rotatable bonds is 4. The summed E-state index contributed by atoms with van der Waals surface area (Å²) >= 11 is 0. The van der Waals surface area contributed by atoms with Gasteiger partial charge in [-0.1, -0.05) is 12.1 Å². The molecule has 1 heterocycles. The summed E-state index contributed by atoms with van der Waals surface area (Å²) in [5.74, 6) is 0.380. The monoisotopic (exact) mass is 339 g/mol. The van der Waals surface area contributed by atoms with E-state index in [-0.39, 0.29) is 11.9 Å². The van der Waals surface area contributed by atoms with E-state index in [1.807, 2.05) is 24.3 Å². The molecule has 126 valence electrons. The number of benzene rings is 1. The van der Waals surface area contributed by atoms with Gasteiger partial charge in [-0.3, -0.25) is 4.79 Å². The highest BCUT2D eigenvalue weighted by atomic mass is 32.2. The number of sulfonamides is 1. The Hall–Kier alpha value is -1.64. The maximum atomic E-state index is 12.6. The van der Waals surface area contributed by atoms with Gasteiger partial charge in [-0.05, 0) is 30.5 Å². The number of nitrogens with one attached hydrogen (secondary N) is 1. The van der Waals surface area contributed by atoms with Crippen LogP contribution in [-0.4, -0.2) is 50.7 Å². The zero-order valence-electron chi connectivity index (χ0n) is 13.0. The zero-order chi connectivity index (χ0) is 16.7. The number of nitrogens with zero attached hydrogens (tertiary/aromatic N) is 1. The van der Waals surface area contributed by atoms with Gasteiger partial charge in [-0.25, -0.2) is 13.6 Å². The second-order valence-electron chi connectivity index (χ2n) is 6.07. The molecular formula is C15H21N3O4S. The summed E-state index contributed by atoms with van der Waals surface area (Å²) in [7, 11) is -2.26. The largest absolute Gasteiger partial charge is 0.497 e. The zero-order valence-corrected chi connectivity index (χ0v) is 13.8. The van der Waals surface area contributed by atoms with Gasteiger partial charge in [0.25, 0.3) is 0 Å². The normalized spacial score (nSPS) is 23.4. The van der Waals surface area contributed by atoms with Gasteiger partial charge in [0, 0.05) is 19.6 Å². The SMILES string of the molecule is COc1cccc(C2CN(C(=O)C3(S(N)(=O)=O)CC3)CCN2)c1. The van der Waals surface area contributed by atoms with Crippen molar-refractivity contribution in [1.82, 2.24) is 10.2 Å². The lowest BCUT2D eigenvalue weighted by Crippen LogP contribution is -2.54. The fourth-order valence-corrected chi connectivity index (χ4v) is 4.08. The Morgan fingerprint density at radius 2 is 2.17 bits per heavy atom. The van der Waals surface area contributed by atoms with Crippen molar-refractivity contribution in [3.8, 4) is 5.75 Å². The number of ether oxygens (including phenoxy) is 1. The van der Waals surface area contributed by atoms with Crippen LogP contribution in [-0.2, 0) is 14.8 Å². The van der Waals surface area contributed by atoms with Crippen LogP contribution >= 0.6 is 0 Å². The maximum Gasteiger partial charge on any atom is 0.245 e. The maximum absolute atomic E-state index is 12.6. The first-order valence-corrected chi connectivity index (χ1v) is 9.11. The van der Waals surface area contributed by atoms with Crippen LogP contribution in [0.15, 0.2) is 24.3 Å². The van der Waals surface area contributed by atoms with Gasteiger partial charge < -0.3 is 15.0 Å². The molecule has 7 nitrogen and oxygen atoms in total. The number of methoxy groups -OCH3 is 1. The predicted octanol–water partition coefficient (Wildman–Crippen LogP) is -0.0108. The standard InChI is InChI=1S/C15H21N3O4S/c1-22-12-4-2-3-11(9-12)13-10-18(8-7-17-13)14(19)15(5-6-15)23(16,20)21/h2-4,9,13,17H,5-8,10H2,1H3,(H2,16,20,21). The van der Waals surface area contributed by atoms with Crippen molar-refractivity contribution in [3.63, 3.8) is 0 Å². The molecule has 1 saturated heterocycles. The highest BCUT2D eigenvalue weighted by molar-refractivity contribution is 7.91. The molecule has 1 aliphatic carbocycles. The van der Waals surface area contributed by atoms with E-state index in [1.54, 1.807) is 12.0 Å². The molecule has 1 aromatic carbocycles. The third-order valence-corrected chi connectivity index (χ3v) is 6.27. The lowest BCUT2D eigenvalue weighted by atomic mass is 10.0. The molecule has 0 spiro atoms. The molecule has 3 N–H and O–H groups in total. The van der Waals surface area contributed by atoms with E-state index in [9.17, 15) is 13.2 Å². The summed E-state index contributed by atoms with van der Waals surface area (Å²) < 4.78 is 27.3. The third-order valence-electron chi connectivity index (χ3n) is 4.60. The summed E-state index contributed by atoms with van der Waals surface area (Å²) in [6.45, 7) is 1.51. The van der Waals surface area contributed by atoms with Crippen molar-refractivity contribution in [1.29, 1.82) is 0 Å². The summed E-state index contributed by atoms with van der Waals surface area (Å²) in [4.78, 5) is 14.3. The van der Waals surface area contributed by atoms with Crippen LogP contribution in [0.1, 0.15) is 24.4 Å². The fourth-order valence-electron chi connectivity index (χ4n) is 3.04. The Morgan fingerprint density at radius 1 is 1.43 bits per heavy atom. The number of amides is 1. The summed E-state index contributed by atoms with van der Waals surface area (Å²) in [5.41, 5.74) is 1.00. The Bertz CT molecular complexity index is 715. The average Bonchev–Trinajstić information content (AvgIpc) is 3.36. The highest BCUT2D eigenvalue weighted by Gasteiger charge is 2.61. The van der Waals surface area contributed by atoms with Gasteiger partial charge in [-0.2, -0.15) is 0 Å². The van der Waals surface area contributed by atoms with Crippen molar-refractivity contribution in [3.05, 3.63) is 29.8 Å². The molecule has 0 aromatic heterocycles. The summed E-state index contributed by atoms with van der Waals surface area (Å²) in [6, 6.07) is 7.57. The average molecular weight is 339 g/mol. The molecule has 1 unspecified atom stereocenters. The number of hydrogen-bond donors (Lipinski definition) is 2. The minimum Gasteiger partial charge on any atom is -0.497 e. The topological polar surface area (TPSA) is 102 Å². The van der Waals surface area contributed by atoms with Crippen molar-refractivity contribution in [2.75, 3.05) is 26.7 Å². The molecule has 3 rings (SSSR count). The summed E-state index contributed by atoms with van der Waals surface area (Å²) in [6.07, 6.45) is 0.636. The Kier molecular flexibility index (Phi) is 4.07. The lowest BCUT2D eigenvalue weighted by molar-refractivity contribution is -0.132. The van der Waals surface area contributed by atoms with Crippen molar-refractivity contribution < 1.29 is 17.9 Å². The first-order chi connectivity index (χ1) is 10.9. The minimum atomic E-state index is -3.86. The number of hydrogen-bond acceptors (Lipinski definition) is 5. The van der Waals surface area contributed by atoms with Crippen LogP contribution < -0.4 is 15.2 Å². The van der Waals surface area contributed by atoms with Gasteiger partial charge in [0.15, 0.2) is 4.75 Å². The molecule has 8 heteroatoms. The Balaban J connectivity index is 1.77. The molecule has 1 aliphatic heterocycles. The van der Waals surface area contributed by atoms with Crippen LogP contribution in [0.3, 0.4) is 0 Å². The van der Waals surface area contributed by atoms with Crippen LogP contribution in [0.25, 0.3) is 0 Å². The molecule has 0 radical (unpaired) electrons. The van der Waals surface area contributed by atoms with Gasteiger partial charge in [-0.15, -0.1) is 0 Å². The number of nitrogens with two attached hydrogens (primary N) is 1. The molecule has 2 fully saturated rings. The predicted molar refractivity (Wildman–Crippen MR) is 85.4 cm³/mol. The van der Waals surface area contributed by atoms with E-state index in [1.165, 1.54) is 0 Å². The van der Waals surface area contributed by atoms with Gasteiger partial charge in [0.1, 0.15) is 5.75 Å². The van der Waals surface area contributed by atoms with Gasteiger partial charge in [0.05, 0.1) is 13.2 Å². The molecular weight excluding hydrogens is 318 g/mol. The van der Waals surface area contributed by atoms with E-state index in [4.69, 9.17) is 9.88 Å². The molecule has 1 amide bonds. The Labute approximate surface area is 135 Å². The molecule has 2 aliphatic rings. The van der Waals surface area contributed by atoms with Crippen LogP contribution in [0.2, 0.25) is 0 Å². The highest BCUT2D eigenvalue weighted by Crippen LogP contribution is 2.44. The minimum absolute atomic E-state index is 0.0564. The van der Waals surface area contributed by atoms with Gasteiger partial charge >= 0.3 is 0 Å². The van der Waals surface area contributed by atoms with Crippen LogP contribution in [0.5, 0.6) is 5.75 Å². The van der Waals surface area contributed by atoms with E-state index in [0.29, 0.717) is 32.5 Å². The Morgan fingerprint density at radius 3 is 2.78 bits per heavy atom. The van der Waals surface area contributed by atoms with Crippen LogP contribution in [0.4, 0.5) is 0 Å². The van der Waals surface area contributed by atoms with Gasteiger partial charge in [0.2, 0.25) is 15.9 Å². The fraction of sp³-hybridized carbons (Fsp3) is 0.533. The smallest absolute Gasteiger partial charge is 0.245 e. The first-order valence-electron chi connectivity index (χ1n) is 7.56. The first kappa shape index (κ1) is 16.2. The number of piperazine rings is 1. The van der Waals surface area contributed by atoms with E-state index in [0.717, 1.165) is 11.3 Å².